The lowest BCUT2D eigenvalue weighted by molar-refractivity contribution is -0.384. The van der Waals surface area contributed by atoms with Crippen molar-refractivity contribution in [1.29, 1.82) is 0 Å². The van der Waals surface area contributed by atoms with Gasteiger partial charge >= 0.3 is 0 Å². The van der Waals surface area contributed by atoms with Crippen LogP contribution in [0.5, 0.6) is 0 Å². The maximum absolute atomic E-state index is 11.0. The first-order valence-electron chi connectivity index (χ1n) is 5.74. The normalized spacial score (nSPS) is 10.4. The minimum Gasteiger partial charge on any atom is -0.370 e. The zero-order valence-corrected chi connectivity index (χ0v) is 12.6. The monoisotopic (exact) mass is 341 g/mol. The Morgan fingerprint density at radius 1 is 1.47 bits per heavy atom. The van der Waals surface area contributed by atoms with Gasteiger partial charge in [-0.05, 0) is 22.4 Å². The lowest BCUT2D eigenvalue weighted by Gasteiger charge is -2.06. The van der Waals surface area contributed by atoms with Gasteiger partial charge in [0.05, 0.1) is 16.7 Å². The van der Waals surface area contributed by atoms with E-state index in [1.54, 1.807) is 0 Å². The van der Waals surface area contributed by atoms with E-state index >= 15 is 0 Å². The first kappa shape index (κ1) is 14.0. The van der Waals surface area contributed by atoms with Crippen LogP contribution in [0.15, 0.2) is 27.4 Å². The summed E-state index contributed by atoms with van der Waals surface area (Å²) in [5.41, 5.74) is 1.51. The topological polar surface area (TPSA) is 68.1 Å². The van der Waals surface area contributed by atoms with Crippen molar-refractivity contribution in [3.05, 3.63) is 37.5 Å². The predicted molar refractivity (Wildman–Crippen MR) is 80.7 cm³/mol. The Balaban J connectivity index is 2.45. The second-order valence-electron chi connectivity index (χ2n) is 3.91. The molecule has 19 heavy (non-hydrogen) atoms. The van der Waals surface area contributed by atoms with Crippen LogP contribution in [0.2, 0.25) is 0 Å². The molecule has 1 N–H and O–H groups in total. The van der Waals surface area contributed by atoms with Crippen molar-refractivity contribution in [2.45, 2.75) is 13.3 Å². The van der Waals surface area contributed by atoms with Crippen molar-refractivity contribution in [3.8, 4) is 11.3 Å². The molecule has 2 rings (SSSR count). The number of pyridine rings is 1. The third kappa shape index (κ3) is 3.30. The molecular weight excluding hydrogens is 330 g/mol. The summed E-state index contributed by atoms with van der Waals surface area (Å²) in [6.07, 6.45) is 0.932. The van der Waals surface area contributed by atoms with Crippen LogP contribution in [0.1, 0.15) is 13.3 Å². The molecule has 0 aliphatic rings. The molecule has 2 aromatic heterocycles. The van der Waals surface area contributed by atoms with Gasteiger partial charge < -0.3 is 5.32 Å². The highest BCUT2D eigenvalue weighted by Crippen LogP contribution is 2.33. The third-order valence-corrected chi connectivity index (χ3v) is 4.17. The van der Waals surface area contributed by atoms with Crippen molar-refractivity contribution in [2.24, 2.45) is 0 Å². The van der Waals surface area contributed by atoms with Crippen molar-refractivity contribution < 1.29 is 4.92 Å². The van der Waals surface area contributed by atoms with E-state index in [2.05, 4.69) is 26.2 Å². The number of aromatic nitrogens is 1. The molecule has 0 bridgehead atoms. The molecule has 0 saturated heterocycles. The number of thiophene rings is 1. The van der Waals surface area contributed by atoms with E-state index in [-0.39, 0.29) is 5.69 Å². The van der Waals surface area contributed by atoms with Crippen LogP contribution in [0, 0.1) is 10.1 Å². The Morgan fingerprint density at radius 3 is 2.84 bits per heavy atom. The summed E-state index contributed by atoms with van der Waals surface area (Å²) in [5.74, 6) is 0.532. The first-order valence-corrected chi connectivity index (χ1v) is 7.47. The van der Waals surface area contributed by atoms with Crippen molar-refractivity contribution in [2.75, 3.05) is 11.9 Å². The minimum absolute atomic E-state index is 0.0432. The van der Waals surface area contributed by atoms with Gasteiger partial charge in [0.15, 0.2) is 0 Å². The van der Waals surface area contributed by atoms with Gasteiger partial charge in [-0.1, -0.05) is 6.92 Å². The zero-order valence-electron chi connectivity index (χ0n) is 10.2. The smallest absolute Gasteiger partial charge is 0.275 e. The molecular formula is C12H12BrN3O2S. The maximum atomic E-state index is 11.0. The first-order chi connectivity index (χ1) is 9.11. The fraction of sp³-hybridized carbons (Fsp3) is 0.250. The molecule has 2 heterocycles. The van der Waals surface area contributed by atoms with Crippen LogP contribution in [-0.4, -0.2) is 16.5 Å². The van der Waals surface area contributed by atoms with Gasteiger partial charge in [-0.25, -0.2) is 4.98 Å². The molecule has 0 radical (unpaired) electrons. The molecule has 0 aliphatic carbocycles. The second kappa shape index (κ2) is 6.12. The molecule has 100 valence electrons. The van der Waals surface area contributed by atoms with E-state index < -0.39 is 4.92 Å². The van der Waals surface area contributed by atoms with Crippen LogP contribution in [0.25, 0.3) is 11.3 Å². The number of rotatable bonds is 5. The number of nitrogens with one attached hydrogen (secondary N) is 1. The second-order valence-corrected chi connectivity index (χ2v) is 5.51. The van der Waals surface area contributed by atoms with Crippen LogP contribution in [0.3, 0.4) is 0 Å². The molecule has 7 heteroatoms. The average molecular weight is 342 g/mol. The van der Waals surface area contributed by atoms with Gasteiger partial charge in [-0.2, -0.15) is 11.3 Å². The SMILES string of the molecule is CCCNc1cc([N+](=O)[O-])cc(-c2cscc2Br)n1. The summed E-state index contributed by atoms with van der Waals surface area (Å²) in [6, 6.07) is 2.95. The van der Waals surface area contributed by atoms with Gasteiger partial charge in [0.25, 0.3) is 5.69 Å². The molecule has 0 aromatic carbocycles. The molecule has 0 saturated carbocycles. The molecule has 0 aliphatic heterocycles. The lowest BCUT2D eigenvalue weighted by Crippen LogP contribution is -2.03. The van der Waals surface area contributed by atoms with Gasteiger partial charge in [0, 0.05) is 33.4 Å². The van der Waals surface area contributed by atoms with E-state index in [9.17, 15) is 10.1 Å². The van der Waals surface area contributed by atoms with E-state index in [0.29, 0.717) is 11.5 Å². The van der Waals surface area contributed by atoms with E-state index in [4.69, 9.17) is 0 Å². The fourth-order valence-corrected chi connectivity index (χ4v) is 3.06. The number of halogens is 1. The van der Waals surface area contributed by atoms with Crippen molar-refractivity contribution in [3.63, 3.8) is 0 Å². The molecule has 0 spiro atoms. The van der Waals surface area contributed by atoms with Crippen LogP contribution in [0.4, 0.5) is 11.5 Å². The van der Waals surface area contributed by atoms with Crippen molar-refractivity contribution >= 4 is 38.8 Å². The molecule has 2 aromatic rings. The predicted octanol–water partition coefficient (Wildman–Crippen LogP) is 4.30. The number of hydrogen-bond donors (Lipinski definition) is 1. The Labute approximate surface area is 123 Å². The Kier molecular flexibility index (Phi) is 4.49. The van der Waals surface area contributed by atoms with Crippen LogP contribution < -0.4 is 5.32 Å². The summed E-state index contributed by atoms with van der Waals surface area (Å²) < 4.78 is 0.895. The van der Waals surface area contributed by atoms with Gasteiger partial charge in [0.1, 0.15) is 5.82 Å². The van der Waals surface area contributed by atoms with Crippen molar-refractivity contribution in [1.82, 2.24) is 4.98 Å². The van der Waals surface area contributed by atoms with Crippen LogP contribution >= 0.6 is 27.3 Å². The molecule has 5 nitrogen and oxygen atoms in total. The van der Waals surface area contributed by atoms with E-state index in [1.807, 2.05) is 17.7 Å². The highest BCUT2D eigenvalue weighted by Gasteiger charge is 2.14. The Bertz CT molecular complexity index is 600. The van der Waals surface area contributed by atoms with E-state index in [1.165, 1.54) is 23.5 Å². The third-order valence-electron chi connectivity index (χ3n) is 2.47. The van der Waals surface area contributed by atoms with Gasteiger partial charge in [0.2, 0.25) is 0 Å². The maximum Gasteiger partial charge on any atom is 0.275 e. The number of nitrogens with zero attached hydrogens (tertiary/aromatic N) is 2. The van der Waals surface area contributed by atoms with Gasteiger partial charge in [-0.3, -0.25) is 10.1 Å². The fourth-order valence-electron chi connectivity index (χ4n) is 1.57. The summed E-state index contributed by atoms with van der Waals surface area (Å²) in [6.45, 7) is 2.76. The summed E-state index contributed by atoms with van der Waals surface area (Å²) in [7, 11) is 0. The highest BCUT2D eigenvalue weighted by molar-refractivity contribution is 9.10. The zero-order chi connectivity index (χ0) is 13.8. The van der Waals surface area contributed by atoms with E-state index in [0.717, 1.165) is 23.0 Å². The molecule has 0 unspecified atom stereocenters. The molecule has 0 amide bonds. The molecule has 0 atom stereocenters. The Hall–Kier alpha value is -1.47. The summed E-state index contributed by atoms with van der Waals surface area (Å²) in [5, 5.41) is 17.9. The van der Waals surface area contributed by atoms with Gasteiger partial charge in [-0.15, -0.1) is 0 Å². The number of nitro groups is 1. The molecule has 0 fully saturated rings. The average Bonchev–Trinajstić information content (AvgIpc) is 2.82. The standard InChI is InChI=1S/C12H12BrN3O2S/c1-2-3-14-12-5-8(16(17)18)4-11(15-12)9-6-19-7-10(9)13/h4-7H,2-3H2,1H3,(H,14,15). The largest absolute Gasteiger partial charge is 0.370 e. The number of hydrogen-bond acceptors (Lipinski definition) is 5. The lowest BCUT2D eigenvalue weighted by atomic mass is 10.2. The summed E-state index contributed by atoms with van der Waals surface area (Å²) >= 11 is 4.94. The van der Waals surface area contributed by atoms with Crippen LogP contribution in [-0.2, 0) is 0 Å². The number of anilines is 1. The highest BCUT2D eigenvalue weighted by atomic mass is 79.9. The minimum atomic E-state index is -0.400. The Morgan fingerprint density at radius 2 is 2.26 bits per heavy atom. The summed E-state index contributed by atoms with van der Waals surface area (Å²) in [4.78, 5) is 15.0. The quantitative estimate of drug-likeness (QED) is 0.650.